The highest BCUT2D eigenvalue weighted by Gasteiger charge is 2.65. The molecule has 1 aromatic heterocycles. The monoisotopic (exact) mass is 493 g/mol. The third kappa shape index (κ3) is 3.64. The van der Waals surface area contributed by atoms with Gasteiger partial charge < -0.3 is 15.0 Å². The first-order valence-corrected chi connectivity index (χ1v) is 13.0. The maximum atomic E-state index is 13.0. The molecule has 37 heavy (non-hydrogen) atoms. The average molecular weight is 494 g/mol. The number of nitrogens with zero attached hydrogens (tertiary/aromatic N) is 3. The van der Waals surface area contributed by atoms with Crippen molar-refractivity contribution in [1.29, 1.82) is 0 Å². The van der Waals surface area contributed by atoms with E-state index in [1.165, 1.54) is 5.56 Å². The SMILES string of the molecule is COc1ccc2c(c1)[C@]1(CC1c1ccc3c(-c4ccc(CN5CCN(C)CC5)cc4)n[nH]c3c1)C(=O)N2. The summed E-state index contributed by atoms with van der Waals surface area (Å²) in [5.74, 6) is 1.01. The van der Waals surface area contributed by atoms with Crippen LogP contribution in [0.15, 0.2) is 60.7 Å². The van der Waals surface area contributed by atoms with Crippen LogP contribution in [0.3, 0.4) is 0 Å². The summed E-state index contributed by atoms with van der Waals surface area (Å²) in [7, 11) is 3.85. The molecule has 7 heteroatoms. The van der Waals surface area contributed by atoms with Crippen LogP contribution < -0.4 is 10.1 Å². The zero-order valence-corrected chi connectivity index (χ0v) is 21.3. The van der Waals surface area contributed by atoms with E-state index in [9.17, 15) is 4.79 Å². The van der Waals surface area contributed by atoms with Gasteiger partial charge in [0.05, 0.1) is 23.7 Å². The third-order valence-electron chi connectivity index (χ3n) is 8.54. The Morgan fingerprint density at radius 1 is 1.03 bits per heavy atom. The van der Waals surface area contributed by atoms with Crippen molar-refractivity contribution >= 4 is 22.5 Å². The van der Waals surface area contributed by atoms with Gasteiger partial charge in [-0.3, -0.25) is 14.8 Å². The molecule has 1 saturated heterocycles. The van der Waals surface area contributed by atoms with E-state index in [0.29, 0.717) is 0 Å². The Bertz CT molecular complexity index is 1500. The number of aromatic amines is 1. The van der Waals surface area contributed by atoms with Gasteiger partial charge in [-0.25, -0.2) is 0 Å². The highest BCUT2D eigenvalue weighted by molar-refractivity contribution is 6.10. The van der Waals surface area contributed by atoms with E-state index < -0.39 is 5.41 Å². The van der Waals surface area contributed by atoms with Gasteiger partial charge in [-0.2, -0.15) is 5.10 Å². The van der Waals surface area contributed by atoms with E-state index >= 15 is 0 Å². The molecule has 4 aromatic rings. The molecule has 1 aliphatic carbocycles. The summed E-state index contributed by atoms with van der Waals surface area (Å²) in [5, 5.41) is 12.1. The maximum Gasteiger partial charge on any atom is 0.235 e. The number of carbonyl (C=O) groups is 1. The molecule has 2 atom stereocenters. The van der Waals surface area contributed by atoms with Crippen molar-refractivity contribution in [3.05, 3.63) is 77.4 Å². The molecule has 7 nitrogen and oxygen atoms in total. The predicted octanol–water partition coefficient (Wildman–Crippen LogP) is 4.36. The lowest BCUT2D eigenvalue weighted by molar-refractivity contribution is -0.118. The van der Waals surface area contributed by atoms with Crippen molar-refractivity contribution in [2.75, 3.05) is 45.7 Å². The number of carbonyl (C=O) groups excluding carboxylic acids is 1. The van der Waals surface area contributed by atoms with Crippen LogP contribution in [0.4, 0.5) is 5.69 Å². The molecule has 3 heterocycles. The number of hydrogen-bond donors (Lipinski definition) is 2. The van der Waals surface area contributed by atoms with E-state index in [1.54, 1.807) is 7.11 Å². The molecule has 7 rings (SSSR count). The number of benzene rings is 3. The molecule has 188 valence electrons. The largest absolute Gasteiger partial charge is 0.497 e. The van der Waals surface area contributed by atoms with Gasteiger partial charge in [0.25, 0.3) is 0 Å². The number of anilines is 1. The number of amides is 1. The first-order chi connectivity index (χ1) is 18.0. The fraction of sp³-hybridized carbons (Fsp3) is 0.333. The van der Waals surface area contributed by atoms with Gasteiger partial charge >= 0.3 is 0 Å². The van der Waals surface area contributed by atoms with Crippen LogP contribution in [0, 0.1) is 0 Å². The van der Waals surface area contributed by atoms with Crippen LogP contribution in [0.5, 0.6) is 5.75 Å². The summed E-state index contributed by atoms with van der Waals surface area (Å²) in [6.07, 6.45) is 0.806. The molecule has 2 N–H and O–H groups in total. The zero-order valence-electron chi connectivity index (χ0n) is 21.3. The van der Waals surface area contributed by atoms with E-state index in [0.717, 1.165) is 83.9 Å². The molecule has 0 radical (unpaired) electrons. The summed E-state index contributed by atoms with van der Waals surface area (Å²) in [6, 6.07) is 21.1. The number of likely N-dealkylation sites (N-methyl/N-ethyl adjacent to an activating group) is 1. The Hall–Kier alpha value is -3.68. The fourth-order valence-electron chi connectivity index (χ4n) is 6.20. The van der Waals surface area contributed by atoms with Crippen molar-refractivity contribution < 1.29 is 9.53 Å². The molecule has 1 unspecified atom stereocenters. The highest BCUT2D eigenvalue weighted by Crippen LogP contribution is 2.65. The number of aromatic nitrogens is 2. The van der Waals surface area contributed by atoms with E-state index in [4.69, 9.17) is 4.74 Å². The molecule has 3 aliphatic rings. The van der Waals surface area contributed by atoms with Crippen LogP contribution >= 0.6 is 0 Å². The summed E-state index contributed by atoms with van der Waals surface area (Å²) in [4.78, 5) is 17.9. The summed E-state index contributed by atoms with van der Waals surface area (Å²) in [6.45, 7) is 5.49. The summed E-state index contributed by atoms with van der Waals surface area (Å²) >= 11 is 0. The molecule has 0 bridgehead atoms. The first kappa shape index (κ1) is 22.5. The molecule has 1 amide bonds. The van der Waals surface area contributed by atoms with Gasteiger partial charge in [-0.05, 0) is 54.4 Å². The van der Waals surface area contributed by atoms with Gasteiger partial charge in [0.15, 0.2) is 0 Å². The van der Waals surface area contributed by atoms with Crippen molar-refractivity contribution in [3.63, 3.8) is 0 Å². The van der Waals surface area contributed by atoms with Crippen LogP contribution in [-0.2, 0) is 16.8 Å². The Morgan fingerprint density at radius 2 is 1.84 bits per heavy atom. The standard InChI is InChI=1S/C30H31N5O2/c1-34-11-13-35(14-12-34)18-19-3-5-20(6-4-19)28-23-9-7-21(15-27(23)32-33-28)25-17-30(25)24-16-22(37-2)8-10-26(24)31-29(30)36/h3-10,15-16,25H,11-14,17-18H2,1-2H3,(H,31,36)(H,32,33)/t25?,30-/m0/s1. The number of hydrogen-bond acceptors (Lipinski definition) is 5. The van der Waals surface area contributed by atoms with Gasteiger partial charge in [0.2, 0.25) is 5.91 Å². The van der Waals surface area contributed by atoms with Gasteiger partial charge in [-0.15, -0.1) is 0 Å². The van der Waals surface area contributed by atoms with Crippen LogP contribution in [-0.4, -0.2) is 66.2 Å². The number of piperazine rings is 1. The van der Waals surface area contributed by atoms with Crippen molar-refractivity contribution in [2.45, 2.75) is 24.3 Å². The number of rotatable bonds is 5. The third-order valence-corrected chi connectivity index (χ3v) is 8.54. The van der Waals surface area contributed by atoms with E-state index in [-0.39, 0.29) is 11.8 Å². The van der Waals surface area contributed by atoms with Gasteiger partial charge in [0.1, 0.15) is 5.75 Å². The van der Waals surface area contributed by atoms with E-state index in [1.807, 2.05) is 18.2 Å². The molecular weight excluding hydrogens is 462 g/mol. The zero-order chi connectivity index (χ0) is 25.1. The first-order valence-electron chi connectivity index (χ1n) is 13.0. The second kappa shape index (κ2) is 8.43. The van der Waals surface area contributed by atoms with Crippen molar-refractivity contribution in [1.82, 2.24) is 20.0 Å². The number of ether oxygens (including phenoxy) is 1. The van der Waals surface area contributed by atoms with Gasteiger partial charge in [-0.1, -0.05) is 36.4 Å². The number of nitrogens with one attached hydrogen (secondary N) is 2. The molecule has 2 aliphatic heterocycles. The topological polar surface area (TPSA) is 73.5 Å². The highest BCUT2D eigenvalue weighted by atomic mass is 16.5. The number of H-pyrrole nitrogens is 1. The molecular formula is C30H31N5O2. The van der Waals surface area contributed by atoms with Gasteiger partial charge in [0, 0.05) is 55.3 Å². The molecule has 1 spiro atoms. The molecule has 2 fully saturated rings. The van der Waals surface area contributed by atoms with Crippen LogP contribution in [0.2, 0.25) is 0 Å². The Kier molecular flexibility index (Phi) is 5.13. The molecule has 3 aromatic carbocycles. The van der Waals surface area contributed by atoms with Crippen LogP contribution in [0.1, 0.15) is 29.0 Å². The summed E-state index contributed by atoms with van der Waals surface area (Å²) < 4.78 is 5.43. The second-order valence-electron chi connectivity index (χ2n) is 10.7. The van der Waals surface area contributed by atoms with E-state index in [2.05, 4.69) is 74.8 Å². The van der Waals surface area contributed by atoms with Crippen LogP contribution in [0.25, 0.3) is 22.2 Å². The minimum Gasteiger partial charge on any atom is -0.497 e. The lowest BCUT2D eigenvalue weighted by Crippen LogP contribution is -2.43. The normalized spacial score (nSPS) is 23.4. The average Bonchev–Trinajstić information content (AvgIpc) is 3.45. The number of fused-ring (bicyclic) bond motifs is 3. The lowest BCUT2D eigenvalue weighted by atomic mass is 9.91. The second-order valence-corrected chi connectivity index (χ2v) is 10.7. The minimum absolute atomic E-state index is 0.0859. The lowest BCUT2D eigenvalue weighted by Gasteiger charge is -2.32. The quantitative estimate of drug-likeness (QED) is 0.432. The number of methoxy groups -OCH3 is 1. The minimum atomic E-state index is -0.500. The Labute approximate surface area is 216 Å². The van der Waals surface area contributed by atoms with Crippen molar-refractivity contribution in [2.24, 2.45) is 0 Å². The fourth-order valence-corrected chi connectivity index (χ4v) is 6.20. The molecule has 1 saturated carbocycles. The summed E-state index contributed by atoms with van der Waals surface area (Å²) in [5.41, 5.74) is 7.02. The Balaban J connectivity index is 1.12. The predicted molar refractivity (Wildman–Crippen MR) is 145 cm³/mol. The van der Waals surface area contributed by atoms with Crippen molar-refractivity contribution in [3.8, 4) is 17.0 Å². The maximum absolute atomic E-state index is 13.0. The Morgan fingerprint density at radius 3 is 2.62 bits per heavy atom. The smallest absolute Gasteiger partial charge is 0.235 e.